The quantitative estimate of drug-likeness (QED) is 0.641. The summed E-state index contributed by atoms with van der Waals surface area (Å²) in [5.41, 5.74) is 1.71. The minimum atomic E-state index is -4.33. The molecule has 23 heavy (non-hydrogen) atoms. The minimum Gasteiger partial charge on any atom is -0.322 e. The maximum absolute atomic E-state index is 12.8. The summed E-state index contributed by atoms with van der Waals surface area (Å²) >= 11 is 1.43. The molecule has 0 aliphatic rings. The number of aryl methyl sites for hydroxylation is 1. The van der Waals surface area contributed by atoms with Gasteiger partial charge in [-0.25, -0.2) is 4.98 Å². The highest BCUT2D eigenvalue weighted by molar-refractivity contribution is 7.99. The highest BCUT2D eigenvalue weighted by atomic mass is 32.2. The van der Waals surface area contributed by atoms with Gasteiger partial charge in [-0.3, -0.25) is 4.98 Å². The average molecular weight is 337 g/mol. The van der Waals surface area contributed by atoms with Crippen molar-refractivity contribution in [1.29, 1.82) is 0 Å². The van der Waals surface area contributed by atoms with Gasteiger partial charge in [0.25, 0.3) is 0 Å². The second kappa shape index (κ2) is 5.88. The van der Waals surface area contributed by atoms with Gasteiger partial charge in [0.2, 0.25) is 0 Å². The molecule has 0 aliphatic carbocycles. The van der Waals surface area contributed by atoms with Crippen molar-refractivity contribution in [3.8, 4) is 0 Å². The first-order chi connectivity index (χ1) is 10.9. The van der Waals surface area contributed by atoms with E-state index in [1.54, 1.807) is 18.5 Å². The Morgan fingerprint density at radius 2 is 2.00 bits per heavy atom. The van der Waals surface area contributed by atoms with Crippen LogP contribution in [0, 0.1) is 0 Å². The first-order valence-electron chi connectivity index (χ1n) is 6.96. The molecule has 0 spiro atoms. The second-order valence-corrected chi connectivity index (χ2v) is 6.51. The highest BCUT2D eigenvalue weighted by Gasteiger charge is 2.30. The molecule has 1 unspecified atom stereocenters. The molecular weight excluding hydrogens is 323 g/mol. The van der Waals surface area contributed by atoms with Crippen molar-refractivity contribution in [2.75, 3.05) is 0 Å². The molecule has 0 saturated carbocycles. The molecule has 3 rings (SSSR count). The van der Waals surface area contributed by atoms with Gasteiger partial charge in [0.05, 0.1) is 17.3 Å². The van der Waals surface area contributed by atoms with E-state index in [1.165, 1.54) is 23.9 Å². The molecule has 0 radical (unpaired) electrons. The molecule has 7 heteroatoms. The van der Waals surface area contributed by atoms with Gasteiger partial charge >= 0.3 is 6.18 Å². The number of benzene rings is 1. The second-order valence-electron chi connectivity index (χ2n) is 5.20. The van der Waals surface area contributed by atoms with E-state index in [1.807, 2.05) is 24.6 Å². The molecule has 0 bridgehead atoms. The molecule has 3 aromatic rings. The number of thioether (sulfide) groups is 1. The zero-order valence-corrected chi connectivity index (χ0v) is 13.3. The molecule has 0 N–H and O–H groups in total. The molecule has 0 fully saturated rings. The molecule has 2 heterocycles. The van der Waals surface area contributed by atoms with Crippen molar-refractivity contribution in [3.05, 3.63) is 53.9 Å². The summed E-state index contributed by atoms with van der Waals surface area (Å²) in [5, 5.41) is 0.596. The van der Waals surface area contributed by atoms with Crippen LogP contribution in [0.3, 0.4) is 0 Å². The normalized spacial score (nSPS) is 13.4. The zero-order chi connectivity index (χ0) is 16.6. The SMILES string of the molecule is CC(Sc1nc2cnccc2n1C)c1cccc(C(F)(F)F)c1. The van der Waals surface area contributed by atoms with Crippen LogP contribution in [-0.2, 0) is 13.2 Å². The Kier molecular flexibility index (Phi) is 4.06. The lowest BCUT2D eigenvalue weighted by Crippen LogP contribution is -2.05. The zero-order valence-electron chi connectivity index (χ0n) is 12.5. The minimum absolute atomic E-state index is 0.152. The van der Waals surface area contributed by atoms with Crippen LogP contribution in [0.1, 0.15) is 23.3 Å². The number of aromatic nitrogens is 3. The van der Waals surface area contributed by atoms with Crippen LogP contribution >= 0.6 is 11.8 Å². The highest BCUT2D eigenvalue weighted by Crippen LogP contribution is 2.37. The summed E-state index contributed by atoms with van der Waals surface area (Å²) in [5.74, 6) is 0. The van der Waals surface area contributed by atoms with Crippen molar-refractivity contribution in [2.45, 2.75) is 23.5 Å². The summed E-state index contributed by atoms with van der Waals surface area (Å²) in [4.78, 5) is 8.52. The molecule has 2 aromatic heterocycles. The van der Waals surface area contributed by atoms with Crippen molar-refractivity contribution in [1.82, 2.24) is 14.5 Å². The predicted octanol–water partition coefficient (Wildman–Crippen LogP) is 4.84. The summed E-state index contributed by atoms with van der Waals surface area (Å²) < 4.78 is 40.4. The Morgan fingerprint density at radius 3 is 2.70 bits per heavy atom. The Balaban J connectivity index is 1.89. The van der Waals surface area contributed by atoms with E-state index in [2.05, 4.69) is 9.97 Å². The maximum Gasteiger partial charge on any atom is 0.416 e. The summed E-state index contributed by atoms with van der Waals surface area (Å²) in [6, 6.07) is 7.29. The van der Waals surface area contributed by atoms with E-state index < -0.39 is 11.7 Å². The van der Waals surface area contributed by atoms with Gasteiger partial charge in [0, 0.05) is 18.5 Å². The number of alkyl halides is 3. The molecule has 0 saturated heterocycles. The van der Waals surface area contributed by atoms with Crippen molar-refractivity contribution < 1.29 is 13.2 Å². The molecular formula is C16H14F3N3S. The lowest BCUT2D eigenvalue weighted by atomic mass is 10.1. The Labute approximate surface area is 135 Å². The van der Waals surface area contributed by atoms with Gasteiger partial charge in [-0.2, -0.15) is 13.2 Å². The van der Waals surface area contributed by atoms with Crippen LogP contribution in [0.5, 0.6) is 0 Å². The predicted molar refractivity (Wildman–Crippen MR) is 84.2 cm³/mol. The number of rotatable bonds is 3. The monoisotopic (exact) mass is 337 g/mol. The van der Waals surface area contributed by atoms with Gasteiger partial charge in [-0.15, -0.1) is 0 Å². The Morgan fingerprint density at radius 1 is 1.22 bits per heavy atom. The summed E-state index contributed by atoms with van der Waals surface area (Å²) in [6.07, 6.45) is -0.965. The lowest BCUT2D eigenvalue weighted by Gasteiger charge is -2.14. The van der Waals surface area contributed by atoms with Crippen molar-refractivity contribution in [3.63, 3.8) is 0 Å². The topological polar surface area (TPSA) is 30.7 Å². The fraction of sp³-hybridized carbons (Fsp3) is 0.250. The molecule has 1 atom stereocenters. The van der Waals surface area contributed by atoms with E-state index in [0.29, 0.717) is 5.56 Å². The number of imidazole rings is 1. The van der Waals surface area contributed by atoms with Gasteiger partial charge in [0.1, 0.15) is 5.52 Å². The van der Waals surface area contributed by atoms with E-state index in [0.717, 1.165) is 22.3 Å². The van der Waals surface area contributed by atoms with Crippen molar-refractivity contribution in [2.24, 2.45) is 7.05 Å². The van der Waals surface area contributed by atoms with Crippen molar-refractivity contribution >= 4 is 22.8 Å². The lowest BCUT2D eigenvalue weighted by molar-refractivity contribution is -0.137. The number of nitrogens with zero attached hydrogens (tertiary/aromatic N) is 3. The number of pyridine rings is 1. The molecule has 1 aromatic carbocycles. The molecule has 120 valence electrons. The third-order valence-corrected chi connectivity index (χ3v) is 4.81. The molecule has 3 nitrogen and oxygen atoms in total. The first-order valence-corrected chi connectivity index (χ1v) is 7.84. The molecule has 0 aliphatic heterocycles. The summed E-state index contributed by atoms with van der Waals surface area (Å²) in [7, 11) is 1.89. The third-order valence-electron chi connectivity index (χ3n) is 3.61. The smallest absolute Gasteiger partial charge is 0.322 e. The van der Waals surface area contributed by atoms with Crippen LogP contribution in [0.25, 0.3) is 11.0 Å². The number of hydrogen-bond donors (Lipinski definition) is 0. The average Bonchev–Trinajstić information content (AvgIpc) is 2.83. The summed E-state index contributed by atoms with van der Waals surface area (Å²) in [6.45, 7) is 1.87. The van der Waals surface area contributed by atoms with Gasteiger partial charge in [0.15, 0.2) is 5.16 Å². The van der Waals surface area contributed by atoms with Crippen LogP contribution < -0.4 is 0 Å². The van der Waals surface area contributed by atoms with E-state index in [4.69, 9.17) is 0 Å². The van der Waals surface area contributed by atoms with Crippen LogP contribution in [0.15, 0.2) is 47.9 Å². The van der Waals surface area contributed by atoms with E-state index in [9.17, 15) is 13.2 Å². The van der Waals surface area contributed by atoms with Gasteiger partial charge in [-0.1, -0.05) is 30.0 Å². The van der Waals surface area contributed by atoms with Crippen LogP contribution in [0.2, 0.25) is 0 Å². The Hall–Kier alpha value is -2.02. The third kappa shape index (κ3) is 3.19. The Bertz CT molecular complexity index is 842. The number of hydrogen-bond acceptors (Lipinski definition) is 3. The standard InChI is InChI=1S/C16H14F3N3S/c1-10(11-4-3-5-12(8-11)16(17,18)19)23-15-21-13-9-20-7-6-14(13)22(15)2/h3-10H,1-2H3. The van der Waals surface area contributed by atoms with Crippen LogP contribution in [0.4, 0.5) is 13.2 Å². The van der Waals surface area contributed by atoms with Crippen LogP contribution in [-0.4, -0.2) is 14.5 Å². The first kappa shape index (κ1) is 15.9. The molecule has 0 amide bonds. The fourth-order valence-electron chi connectivity index (χ4n) is 2.33. The van der Waals surface area contributed by atoms with Gasteiger partial charge in [-0.05, 0) is 24.6 Å². The number of halogens is 3. The maximum atomic E-state index is 12.8. The fourth-order valence-corrected chi connectivity index (χ4v) is 3.34. The van der Waals surface area contributed by atoms with E-state index in [-0.39, 0.29) is 5.25 Å². The number of fused-ring (bicyclic) bond motifs is 1. The largest absolute Gasteiger partial charge is 0.416 e. The van der Waals surface area contributed by atoms with E-state index >= 15 is 0 Å². The van der Waals surface area contributed by atoms with Gasteiger partial charge < -0.3 is 4.57 Å².